The Kier molecular flexibility index (Phi) is 8.39. The molecule has 0 amide bonds. The Hall–Kier alpha value is -2.44. The summed E-state index contributed by atoms with van der Waals surface area (Å²) in [6.07, 6.45) is 4.84. The molecule has 5 rings (SSSR count). The van der Waals surface area contributed by atoms with Gasteiger partial charge in [0.1, 0.15) is 36.9 Å². The van der Waals surface area contributed by atoms with Crippen LogP contribution in [0.25, 0.3) is 0 Å². The molecule has 2 aromatic carbocycles. The third kappa shape index (κ3) is 5.91. The van der Waals surface area contributed by atoms with E-state index in [1.54, 1.807) is 0 Å². The molecule has 0 aromatic heterocycles. The van der Waals surface area contributed by atoms with Crippen LogP contribution in [0.5, 0.6) is 11.5 Å². The fourth-order valence-corrected chi connectivity index (χ4v) is 6.00. The van der Waals surface area contributed by atoms with Gasteiger partial charge in [-0.05, 0) is 88.1 Å². The van der Waals surface area contributed by atoms with Crippen LogP contribution in [0.3, 0.4) is 0 Å². The molecule has 0 N–H and O–H groups in total. The molecular weight excluding hydrogens is 476 g/mol. The van der Waals surface area contributed by atoms with E-state index in [1.807, 2.05) is 0 Å². The van der Waals surface area contributed by atoms with Gasteiger partial charge in [0.15, 0.2) is 0 Å². The number of nitrogens with zero attached hydrogens (tertiary/aromatic N) is 2. The van der Waals surface area contributed by atoms with Gasteiger partial charge in [-0.2, -0.15) is 0 Å². The third-order valence-electron chi connectivity index (χ3n) is 8.52. The minimum atomic E-state index is 0.268. The van der Waals surface area contributed by atoms with E-state index in [0.717, 1.165) is 50.4 Å². The topological polar surface area (TPSA) is 50.0 Å². The molecule has 38 heavy (non-hydrogen) atoms. The van der Waals surface area contributed by atoms with E-state index in [2.05, 4.69) is 87.7 Å². The quantitative estimate of drug-likeness (QED) is 0.318. The van der Waals surface area contributed by atoms with Crippen molar-refractivity contribution in [2.75, 3.05) is 36.2 Å². The summed E-state index contributed by atoms with van der Waals surface area (Å²) in [4.78, 5) is 5.33. The van der Waals surface area contributed by atoms with Crippen LogP contribution >= 0.6 is 0 Å². The largest absolute Gasteiger partial charge is 0.491 e. The monoisotopic (exact) mass is 522 g/mol. The van der Waals surface area contributed by atoms with Crippen LogP contribution in [0.4, 0.5) is 11.4 Å². The molecule has 0 aliphatic carbocycles. The number of anilines is 2. The molecule has 6 nitrogen and oxygen atoms in total. The maximum atomic E-state index is 6.04. The van der Waals surface area contributed by atoms with Gasteiger partial charge in [0.2, 0.25) is 0 Å². The number of aryl methyl sites for hydroxylation is 2. The first-order valence-corrected chi connectivity index (χ1v) is 14.7. The molecule has 3 heterocycles. The number of piperazine rings is 1. The summed E-state index contributed by atoms with van der Waals surface area (Å²) < 4.78 is 22.7. The van der Waals surface area contributed by atoms with E-state index in [9.17, 15) is 0 Å². The molecule has 2 aromatic rings. The second-order valence-electron chi connectivity index (χ2n) is 11.4. The van der Waals surface area contributed by atoms with E-state index in [-0.39, 0.29) is 12.2 Å². The zero-order valence-corrected chi connectivity index (χ0v) is 24.1. The Morgan fingerprint density at radius 1 is 0.658 bits per heavy atom. The van der Waals surface area contributed by atoms with Crippen molar-refractivity contribution in [3.05, 3.63) is 47.5 Å². The Balaban J connectivity index is 1.40. The van der Waals surface area contributed by atoms with Crippen molar-refractivity contribution in [1.29, 1.82) is 0 Å². The van der Waals surface area contributed by atoms with Crippen molar-refractivity contribution >= 4 is 11.4 Å². The molecule has 3 aliphatic rings. The first kappa shape index (κ1) is 27.1. The molecule has 0 spiro atoms. The molecule has 6 heteroatoms. The minimum absolute atomic E-state index is 0.268. The lowest BCUT2D eigenvalue weighted by molar-refractivity contribution is 0.262. The predicted molar refractivity (Wildman–Crippen MR) is 154 cm³/mol. The highest BCUT2D eigenvalue weighted by Crippen LogP contribution is 2.40. The first-order chi connectivity index (χ1) is 18.4. The number of hydrogen-bond acceptors (Lipinski definition) is 6. The maximum Gasteiger partial charge on any atom is 0.119 e. The molecule has 6 atom stereocenters. The van der Waals surface area contributed by atoms with Gasteiger partial charge in [0.05, 0.1) is 13.2 Å². The number of epoxide rings is 2. The van der Waals surface area contributed by atoms with Gasteiger partial charge in [0.25, 0.3) is 0 Å². The average molecular weight is 523 g/mol. The molecular formula is C32H46N2O4. The average Bonchev–Trinajstić information content (AvgIpc) is 3.83. The molecule has 3 aliphatic heterocycles. The molecule has 3 saturated heterocycles. The van der Waals surface area contributed by atoms with Crippen molar-refractivity contribution < 1.29 is 18.9 Å². The number of ether oxygens (including phenoxy) is 4. The summed E-state index contributed by atoms with van der Waals surface area (Å²) >= 11 is 0. The molecule has 3 fully saturated rings. The lowest BCUT2D eigenvalue weighted by Crippen LogP contribution is -2.66. The van der Waals surface area contributed by atoms with Gasteiger partial charge in [-0.15, -0.1) is 0 Å². The van der Waals surface area contributed by atoms with Crippen molar-refractivity contribution in [2.24, 2.45) is 0 Å². The standard InChI is InChI=1S/C32H46N2O4/c1-7-9-25-15-27(35-17-29-19-37-29)11-13-31(25)33-21(3)23(5)34(24(6)22(33)4)32-14-12-28(16-26(32)10-8-2)36-18-30-20-38-30/h11-16,21-24,29-30H,7-10,17-20H2,1-6H3. The highest BCUT2D eigenvalue weighted by molar-refractivity contribution is 5.64. The molecule has 0 radical (unpaired) electrons. The van der Waals surface area contributed by atoms with Crippen LogP contribution in [-0.2, 0) is 22.3 Å². The zero-order valence-electron chi connectivity index (χ0n) is 24.1. The fourth-order valence-electron chi connectivity index (χ4n) is 6.00. The Morgan fingerprint density at radius 2 is 1.03 bits per heavy atom. The number of hydrogen-bond donors (Lipinski definition) is 0. The van der Waals surface area contributed by atoms with Gasteiger partial charge < -0.3 is 28.7 Å². The van der Waals surface area contributed by atoms with Crippen LogP contribution < -0.4 is 19.3 Å². The highest BCUT2D eigenvalue weighted by atomic mass is 16.6. The minimum Gasteiger partial charge on any atom is -0.491 e. The Bertz CT molecular complexity index is 982. The van der Waals surface area contributed by atoms with Gasteiger partial charge >= 0.3 is 0 Å². The van der Waals surface area contributed by atoms with Gasteiger partial charge in [-0.25, -0.2) is 0 Å². The zero-order chi connectivity index (χ0) is 26.8. The van der Waals surface area contributed by atoms with E-state index in [1.165, 1.54) is 22.5 Å². The van der Waals surface area contributed by atoms with Gasteiger partial charge in [-0.1, -0.05) is 26.7 Å². The Morgan fingerprint density at radius 3 is 1.34 bits per heavy atom. The highest BCUT2D eigenvalue weighted by Gasteiger charge is 2.41. The lowest BCUT2D eigenvalue weighted by Gasteiger charge is -2.55. The maximum absolute atomic E-state index is 6.04. The van der Waals surface area contributed by atoms with Crippen molar-refractivity contribution in [3.63, 3.8) is 0 Å². The summed E-state index contributed by atoms with van der Waals surface area (Å²) in [6.45, 7) is 17.0. The number of benzene rings is 2. The normalized spacial score (nSPS) is 28.4. The summed E-state index contributed by atoms with van der Waals surface area (Å²) in [5.74, 6) is 1.90. The van der Waals surface area contributed by atoms with Crippen molar-refractivity contribution in [1.82, 2.24) is 0 Å². The third-order valence-corrected chi connectivity index (χ3v) is 8.52. The first-order valence-electron chi connectivity index (χ1n) is 14.7. The van der Waals surface area contributed by atoms with E-state index in [0.29, 0.717) is 37.4 Å². The Labute approximate surface area is 229 Å². The van der Waals surface area contributed by atoms with Crippen molar-refractivity contribution in [2.45, 2.75) is 104 Å². The lowest BCUT2D eigenvalue weighted by atomic mass is 9.90. The molecule has 6 unspecified atom stereocenters. The van der Waals surface area contributed by atoms with E-state index >= 15 is 0 Å². The van der Waals surface area contributed by atoms with Crippen LogP contribution in [-0.4, -0.2) is 62.8 Å². The number of rotatable bonds is 12. The SMILES string of the molecule is CCCc1cc(OCC2CO2)ccc1N1C(C)C(C)N(c2ccc(OCC3CO3)cc2CCC)C(C)C1C. The molecule has 0 saturated carbocycles. The van der Waals surface area contributed by atoms with Crippen LogP contribution in [0.15, 0.2) is 36.4 Å². The van der Waals surface area contributed by atoms with Gasteiger partial charge in [0, 0.05) is 35.5 Å². The smallest absolute Gasteiger partial charge is 0.119 e. The van der Waals surface area contributed by atoms with Crippen molar-refractivity contribution in [3.8, 4) is 11.5 Å². The second kappa shape index (κ2) is 11.7. The van der Waals surface area contributed by atoms with E-state index < -0.39 is 0 Å². The van der Waals surface area contributed by atoms with Crippen LogP contribution in [0, 0.1) is 0 Å². The molecule has 0 bridgehead atoms. The molecule has 208 valence electrons. The van der Waals surface area contributed by atoms with E-state index in [4.69, 9.17) is 18.9 Å². The van der Waals surface area contributed by atoms with Crippen LogP contribution in [0.1, 0.15) is 65.5 Å². The summed E-state index contributed by atoms with van der Waals surface area (Å²) in [5.41, 5.74) is 5.45. The fraction of sp³-hybridized carbons (Fsp3) is 0.625. The predicted octanol–water partition coefficient (Wildman–Crippen LogP) is 6.03. The summed E-state index contributed by atoms with van der Waals surface area (Å²) in [7, 11) is 0. The summed E-state index contributed by atoms with van der Waals surface area (Å²) in [6, 6.07) is 14.8. The summed E-state index contributed by atoms with van der Waals surface area (Å²) in [5, 5.41) is 0. The van der Waals surface area contributed by atoms with Gasteiger partial charge in [-0.3, -0.25) is 0 Å². The second-order valence-corrected chi connectivity index (χ2v) is 11.4. The van der Waals surface area contributed by atoms with Crippen LogP contribution in [0.2, 0.25) is 0 Å².